The lowest BCUT2D eigenvalue weighted by Gasteiger charge is -2.26. The van der Waals surface area contributed by atoms with Crippen LogP contribution in [0.15, 0.2) is 66.7 Å². The molecule has 0 aromatic heterocycles. The summed E-state index contributed by atoms with van der Waals surface area (Å²) >= 11 is 0. The van der Waals surface area contributed by atoms with Gasteiger partial charge in [0.05, 0.1) is 6.61 Å². The van der Waals surface area contributed by atoms with Crippen LogP contribution < -0.4 is 10.1 Å². The lowest BCUT2D eigenvalue weighted by atomic mass is 9.84. The van der Waals surface area contributed by atoms with Crippen molar-refractivity contribution in [1.29, 1.82) is 0 Å². The standard InChI is InChI=1S/C31H37FN2O2/c1-31(2,27-11-8-12-28(32)20-27)22-33-30(35)25-13-14-29-26(19-25)18-23-9-7-10-24(17-23)21-34(3)15-5-4-6-16-36-29/h7-14,17,19-20H,4-6,15-16,18,21-22H2,1-3H3,(H,33,35). The monoisotopic (exact) mass is 488 g/mol. The van der Waals surface area contributed by atoms with E-state index in [2.05, 4.69) is 41.5 Å². The van der Waals surface area contributed by atoms with Crippen LogP contribution in [0.3, 0.4) is 0 Å². The van der Waals surface area contributed by atoms with E-state index in [1.54, 1.807) is 6.07 Å². The zero-order valence-corrected chi connectivity index (χ0v) is 21.6. The highest BCUT2D eigenvalue weighted by molar-refractivity contribution is 5.94. The van der Waals surface area contributed by atoms with Crippen LogP contribution in [0.5, 0.6) is 5.75 Å². The molecule has 3 aromatic carbocycles. The molecule has 0 fully saturated rings. The van der Waals surface area contributed by atoms with Crippen LogP contribution in [-0.4, -0.2) is 37.6 Å². The van der Waals surface area contributed by atoms with Gasteiger partial charge in [0.2, 0.25) is 0 Å². The third-order valence-corrected chi connectivity index (χ3v) is 6.90. The molecule has 4 rings (SSSR count). The molecule has 1 aliphatic heterocycles. The molecule has 0 atom stereocenters. The van der Waals surface area contributed by atoms with E-state index in [0.29, 0.717) is 25.1 Å². The number of rotatable bonds is 4. The van der Waals surface area contributed by atoms with Gasteiger partial charge in [-0.05, 0) is 85.4 Å². The molecule has 2 bridgehead atoms. The maximum atomic E-state index is 13.7. The second-order valence-corrected chi connectivity index (χ2v) is 10.5. The minimum Gasteiger partial charge on any atom is -0.493 e. The lowest BCUT2D eigenvalue weighted by molar-refractivity contribution is 0.0945. The molecule has 0 saturated heterocycles. The molecule has 0 radical (unpaired) electrons. The van der Waals surface area contributed by atoms with Crippen molar-refractivity contribution in [3.8, 4) is 5.75 Å². The summed E-state index contributed by atoms with van der Waals surface area (Å²) in [5, 5.41) is 3.05. The van der Waals surface area contributed by atoms with Crippen molar-refractivity contribution in [3.63, 3.8) is 0 Å². The van der Waals surface area contributed by atoms with Gasteiger partial charge < -0.3 is 15.0 Å². The summed E-state index contributed by atoms with van der Waals surface area (Å²) in [6.45, 7) is 7.09. The number of benzene rings is 3. The topological polar surface area (TPSA) is 41.6 Å². The van der Waals surface area contributed by atoms with Crippen molar-refractivity contribution >= 4 is 5.91 Å². The Balaban J connectivity index is 1.53. The normalized spacial score (nSPS) is 15.3. The Bertz CT molecular complexity index is 1190. The third-order valence-electron chi connectivity index (χ3n) is 6.90. The van der Waals surface area contributed by atoms with Gasteiger partial charge in [-0.2, -0.15) is 0 Å². The Morgan fingerprint density at radius 3 is 2.64 bits per heavy atom. The van der Waals surface area contributed by atoms with Crippen molar-refractivity contribution in [2.75, 3.05) is 26.7 Å². The summed E-state index contributed by atoms with van der Waals surface area (Å²) in [6, 6.07) is 20.9. The summed E-state index contributed by atoms with van der Waals surface area (Å²) < 4.78 is 19.9. The first-order valence-corrected chi connectivity index (χ1v) is 12.9. The fourth-order valence-electron chi connectivity index (χ4n) is 4.71. The molecular weight excluding hydrogens is 451 g/mol. The summed E-state index contributed by atoms with van der Waals surface area (Å²) in [6.07, 6.45) is 3.98. The molecule has 0 saturated carbocycles. The first kappa shape index (κ1) is 25.9. The highest BCUT2D eigenvalue weighted by Crippen LogP contribution is 2.26. The highest BCUT2D eigenvalue weighted by atomic mass is 19.1. The number of amides is 1. The Labute approximate surface area is 214 Å². The fourth-order valence-corrected chi connectivity index (χ4v) is 4.71. The van der Waals surface area contributed by atoms with Gasteiger partial charge in [0, 0.05) is 30.5 Å². The van der Waals surface area contributed by atoms with Crippen molar-refractivity contribution in [2.24, 2.45) is 0 Å². The van der Waals surface area contributed by atoms with Gasteiger partial charge in [0.15, 0.2) is 0 Å². The SMILES string of the molecule is CN1CCCCCOc2ccc(C(=O)NCC(C)(C)c3cccc(F)c3)cc2Cc2cccc(c2)C1. The quantitative estimate of drug-likeness (QED) is 0.481. The lowest BCUT2D eigenvalue weighted by Crippen LogP contribution is -2.36. The Kier molecular flexibility index (Phi) is 8.42. The molecule has 1 N–H and O–H groups in total. The van der Waals surface area contributed by atoms with Crippen LogP contribution in [0.4, 0.5) is 4.39 Å². The molecule has 1 heterocycles. The van der Waals surface area contributed by atoms with Gasteiger partial charge in [0.25, 0.3) is 5.91 Å². The van der Waals surface area contributed by atoms with Gasteiger partial charge in [0.1, 0.15) is 11.6 Å². The number of ether oxygens (including phenoxy) is 1. The number of halogens is 1. The molecule has 5 heteroatoms. The number of nitrogens with zero attached hydrogens (tertiary/aromatic N) is 1. The van der Waals surface area contributed by atoms with Gasteiger partial charge in [-0.25, -0.2) is 4.39 Å². The number of hydrogen-bond acceptors (Lipinski definition) is 3. The molecular formula is C31H37FN2O2. The molecule has 3 aromatic rings. The van der Waals surface area contributed by atoms with Crippen LogP contribution in [0.2, 0.25) is 0 Å². The van der Waals surface area contributed by atoms with E-state index in [4.69, 9.17) is 4.74 Å². The second-order valence-electron chi connectivity index (χ2n) is 10.5. The average Bonchev–Trinajstić information content (AvgIpc) is 2.85. The molecule has 190 valence electrons. The van der Waals surface area contributed by atoms with Crippen LogP contribution in [0.25, 0.3) is 0 Å². The van der Waals surface area contributed by atoms with Crippen LogP contribution in [0, 0.1) is 5.82 Å². The minimum absolute atomic E-state index is 0.142. The molecule has 0 unspecified atom stereocenters. The second kappa shape index (κ2) is 11.7. The van der Waals surface area contributed by atoms with E-state index in [0.717, 1.165) is 49.2 Å². The van der Waals surface area contributed by atoms with Gasteiger partial charge >= 0.3 is 0 Å². The zero-order valence-electron chi connectivity index (χ0n) is 21.6. The summed E-state index contributed by atoms with van der Waals surface area (Å²) in [5.74, 6) is 0.428. The first-order chi connectivity index (χ1) is 17.3. The maximum absolute atomic E-state index is 13.7. The minimum atomic E-state index is -0.401. The van der Waals surface area contributed by atoms with E-state index in [9.17, 15) is 9.18 Å². The predicted octanol–water partition coefficient (Wildman–Crippen LogP) is 6.12. The fraction of sp³-hybridized carbons (Fsp3) is 0.387. The molecule has 0 aliphatic carbocycles. The Morgan fingerprint density at radius 1 is 1.00 bits per heavy atom. The number of carbonyl (C=O) groups is 1. The Morgan fingerprint density at radius 2 is 1.81 bits per heavy atom. The van der Waals surface area contributed by atoms with E-state index >= 15 is 0 Å². The molecule has 4 nitrogen and oxygen atoms in total. The number of fused-ring (bicyclic) bond motifs is 3. The zero-order chi connectivity index (χ0) is 25.5. The number of nitrogens with one attached hydrogen (secondary N) is 1. The van der Waals surface area contributed by atoms with Crippen molar-refractivity contribution < 1.29 is 13.9 Å². The van der Waals surface area contributed by atoms with E-state index in [-0.39, 0.29) is 11.7 Å². The number of carbonyl (C=O) groups excluding carboxylic acids is 1. The maximum Gasteiger partial charge on any atom is 0.251 e. The highest BCUT2D eigenvalue weighted by Gasteiger charge is 2.22. The van der Waals surface area contributed by atoms with Crippen molar-refractivity contribution in [3.05, 3.63) is 100 Å². The van der Waals surface area contributed by atoms with E-state index < -0.39 is 5.41 Å². The summed E-state index contributed by atoms with van der Waals surface area (Å²) in [7, 11) is 2.17. The van der Waals surface area contributed by atoms with Crippen molar-refractivity contribution in [2.45, 2.75) is 51.5 Å². The van der Waals surface area contributed by atoms with Crippen molar-refractivity contribution in [1.82, 2.24) is 10.2 Å². The Hall–Kier alpha value is -3.18. The van der Waals surface area contributed by atoms with Gasteiger partial charge in [-0.15, -0.1) is 0 Å². The van der Waals surface area contributed by atoms with Crippen LogP contribution in [-0.2, 0) is 18.4 Å². The molecule has 1 aliphatic rings. The largest absolute Gasteiger partial charge is 0.493 e. The van der Waals surface area contributed by atoms with Gasteiger partial charge in [-0.1, -0.05) is 50.2 Å². The van der Waals surface area contributed by atoms with Crippen LogP contribution in [0.1, 0.15) is 65.7 Å². The smallest absolute Gasteiger partial charge is 0.251 e. The van der Waals surface area contributed by atoms with Crippen LogP contribution >= 0.6 is 0 Å². The van der Waals surface area contributed by atoms with E-state index in [1.807, 2.05) is 38.1 Å². The first-order valence-electron chi connectivity index (χ1n) is 12.9. The average molecular weight is 489 g/mol. The number of hydrogen-bond donors (Lipinski definition) is 1. The molecule has 0 spiro atoms. The third kappa shape index (κ3) is 6.94. The summed E-state index contributed by atoms with van der Waals surface area (Å²) in [4.78, 5) is 15.5. The van der Waals surface area contributed by atoms with E-state index in [1.165, 1.54) is 23.3 Å². The summed E-state index contributed by atoms with van der Waals surface area (Å²) in [5.41, 5.74) is 4.56. The van der Waals surface area contributed by atoms with Gasteiger partial charge in [-0.3, -0.25) is 4.79 Å². The molecule has 36 heavy (non-hydrogen) atoms. The molecule has 1 amide bonds. The predicted molar refractivity (Wildman–Crippen MR) is 143 cm³/mol.